The number of rotatable bonds is 4. The van der Waals surface area contributed by atoms with Gasteiger partial charge in [-0.1, -0.05) is 24.3 Å². The molecule has 3 rings (SSSR count). The van der Waals surface area contributed by atoms with E-state index in [1.54, 1.807) is 31.3 Å². The molecule has 0 radical (unpaired) electrons. The first-order valence-corrected chi connectivity index (χ1v) is 7.67. The van der Waals surface area contributed by atoms with Crippen molar-refractivity contribution in [3.05, 3.63) is 59.9 Å². The molecule has 2 aromatic carbocycles. The van der Waals surface area contributed by atoms with Crippen LogP contribution in [0.3, 0.4) is 0 Å². The lowest BCUT2D eigenvalue weighted by molar-refractivity contribution is 0.355. The number of ether oxygens (including phenoxy) is 2. The minimum atomic E-state index is -0.303. The standard InChI is InChI=1S/C19H20N2O3/c1-12-18(22)17(13-9-10-15(23-2)16(11-13)24-3)19(20)21(12)14-7-5-4-6-8-14/h4-12,20,22H,1-3H3/t12-/m0/s1. The SMILES string of the molecule is COc1ccc(C2=C(O)[C@H](C)N(c3ccccc3)C2=N)cc1OC. The molecule has 0 aromatic heterocycles. The third-order valence-corrected chi connectivity index (χ3v) is 4.22. The summed E-state index contributed by atoms with van der Waals surface area (Å²) in [7, 11) is 3.14. The number of nitrogens with zero attached hydrogens (tertiary/aromatic N) is 1. The van der Waals surface area contributed by atoms with E-state index in [1.807, 2.05) is 43.3 Å². The first-order chi connectivity index (χ1) is 11.6. The van der Waals surface area contributed by atoms with Gasteiger partial charge in [0.15, 0.2) is 11.5 Å². The Hall–Kier alpha value is -2.95. The van der Waals surface area contributed by atoms with E-state index in [9.17, 15) is 5.11 Å². The summed E-state index contributed by atoms with van der Waals surface area (Å²) in [5, 5.41) is 19.2. The molecule has 2 aromatic rings. The zero-order valence-corrected chi connectivity index (χ0v) is 13.9. The number of benzene rings is 2. The molecular weight excluding hydrogens is 304 g/mol. The Morgan fingerprint density at radius 2 is 1.67 bits per heavy atom. The Balaban J connectivity index is 2.04. The van der Waals surface area contributed by atoms with Crippen LogP contribution in [-0.4, -0.2) is 31.2 Å². The Morgan fingerprint density at radius 3 is 2.29 bits per heavy atom. The minimum Gasteiger partial charge on any atom is -0.509 e. The van der Waals surface area contributed by atoms with Crippen molar-refractivity contribution < 1.29 is 14.6 Å². The lowest BCUT2D eigenvalue weighted by atomic mass is 10.0. The molecule has 5 heteroatoms. The average Bonchev–Trinajstić information content (AvgIpc) is 2.84. The van der Waals surface area contributed by atoms with Crippen molar-refractivity contribution in [1.82, 2.24) is 0 Å². The van der Waals surface area contributed by atoms with Gasteiger partial charge < -0.3 is 19.5 Å². The average molecular weight is 324 g/mol. The van der Waals surface area contributed by atoms with Crippen molar-refractivity contribution in [2.24, 2.45) is 0 Å². The third-order valence-electron chi connectivity index (χ3n) is 4.22. The molecule has 24 heavy (non-hydrogen) atoms. The van der Waals surface area contributed by atoms with Crippen LogP contribution in [-0.2, 0) is 0 Å². The third kappa shape index (κ3) is 2.48. The van der Waals surface area contributed by atoms with Gasteiger partial charge in [-0.05, 0) is 36.8 Å². The molecule has 0 fully saturated rings. The fourth-order valence-corrected chi connectivity index (χ4v) is 2.98. The topological polar surface area (TPSA) is 65.8 Å². The number of para-hydroxylation sites is 1. The smallest absolute Gasteiger partial charge is 0.161 e. The highest BCUT2D eigenvalue weighted by Gasteiger charge is 2.35. The summed E-state index contributed by atoms with van der Waals surface area (Å²) < 4.78 is 10.6. The highest BCUT2D eigenvalue weighted by molar-refractivity contribution is 6.31. The fraction of sp³-hybridized carbons (Fsp3) is 0.211. The van der Waals surface area contributed by atoms with E-state index in [2.05, 4.69) is 0 Å². The monoisotopic (exact) mass is 324 g/mol. The largest absolute Gasteiger partial charge is 0.509 e. The molecule has 5 nitrogen and oxygen atoms in total. The van der Waals surface area contributed by atoms with Gasteiger partial charge in [0.2, 0.25) is 0 Å². The zero-order valence-electron chi connectivity index (χ0n) is 13.9. The van der Waals surface area contributed by atoms with Crippen LogP contribution in [0.15, 0.2) is 54.3 Å². The molecule has 0 saturated heterocycles. The maximum absolute atomic E-state index is 10.6. The van der Waals surface area contributed by atoms with E-state index in [0.717, 1.165) is 11.3 Å². The molecule has 0 amide bonds. The second kappa shape index (κ2) is 6.28. The van der Waals surface area contributed by atoms with Gasteiger partial charge in [-0.15, -0.1) is 0 Å². The van der Waals surface area contributed by atoms with Crippen LogP contribution >= 0.6 is 0 Å². The quantitative estimate of drug-likeness (QED) is 0.896. The molecule has 2 N–H and O–H groups in total. The van der Waals surface area contributed by atoms with Crippen LogP contribution in [0.4, 0.5) is 5.69 Å². The van der Waals surface area contributed by atoms with E-state index < -0.39 is 0 Å². The molecule has 0 unspecified atom stereocenters. The molecule has 0 saturated carbocycles. The van der Waals surface area contributed by atoms with Gasteiger partial charge in [0, 0.05) is 5.69 Å². The van der Waals surface area contributed by atoms with Gasteiger partial charge in [-0.3, -0.25) is 5.41 Å². The summed E-state index contributed by atoms with van der Waals surface area (Å²) >= 11 is 0. The number of hydrogen-bond donors (Lipinski definition) is 2. The highest BCUT2D eigenvalue weighted by atomic mass is 16.5. The van der Waals surface area contributed by atoms with Crippen LogP contribution < -0.4 is 14.4 Å². The zero-order chi connectivity index (χ0) is 17.3. The van der Waals surface area contributed by atoms with Crippen molar-refractivity contribution in [1.29, 1.82) is 5.41 Å². The summed E-state index contributed by atoms with van der Waals surface area (Å²) in [6.45, 7) is 1.88. The van der Waals surface area contributed by atoms with Crippen LogP contribution in [0.2, 0.25) is 0 Å². The van der Waals surface area contributed by atoms with Crippen molar-refractivity contribution in [2.45, 2.75) is 13.0 Å². The maximum atomic E-state index is 10.6. The van der Waals surface area contributed by atoms with Gasteiger partial charge >= 0.3 is 0 Å². The highest BCUT2D eigenvalue weighted by Crippen LogP contribution is 2.38. The van der Waals surface area contributed by atoms with E-state index in [-0.39, 0.29) is 17.6 Å². The molecule has 0 bridgehead atoms. The normalized spacial score (nSPS) is 17.4. The van der Waals surface area contributed by atoms with Gasteiger partial charge in [0.05, 0.1) is 25.8 Å². The Kier molecular flexibility index (Phi) is 4.16. The summed E-state index contributed by atoms with van der Waals surface area (Å²) in [5.41, 5.74) is 2.10. The Labute approximate surface area is 141 Å². The molecule has 1 aliphatic heterocycles. The predicted octanol–water partition coefficient (Wildman–Crippen LogP) is 3.86. The molecule has 0 spiro atoms. The molecule has 1 heterocycles. The van der Waals surface area contributed by atoms with E-state index in [0.29, 0.717) is 17.1 Å². The Morgan fingerprint density at radius 1 is 1.00 bits per heavy atom. The van der Waals surface area contributed by atoms with Crippen molar-refractivity contribution in [3.63, 3.8) is 0 Å². The first-order valence-electron chi connectivity index (χ1n) is 7.67. The lowest BCUT2D eigenvalue weighted by Crippen LogP contribution is -2.33. The first kappa shape index (κ1) is 15.9. The van der Waals surface area contributed by atoms with Crippen molar-refractivity contribution in [2.75, 3.05) is 19.1 Å². The van der Waals surface area contributed by atoms with Gasteiger partial charge in [0.25, 0.3) is 0 Å². The summed E-state index contributed by atoms with van der Waals surface area (Å²) in [6.07, 6.45) is 0. The van der Waals surface area contributed by atoms with E-state index in [4.69, 9.17) is 14.9 Å². The van der Waals surface area contributed by atoms with E-state index in [1.165, 1.54) is 0 Å². The van der Waals surface area contributed by atoms with Crippen LogP contribution in [0.1, 0.15) is 12.5 Å². The molecule has 124 valence electrons. The van der Waals surface area contributed by atoms with E-state index >= 15 is 0 Å². The molecular formula is C19H20N2O3. The van der Waals surface area contributed by atoms with Crippen molar-refractivity contribution >= 4 is 17.1 Å². The number of nitrogens with one attached hydrogen (secondary N) is 1. The lowest BCUT2D eigenvalue weighted by Gasteiger charge is -2.24. The van der Waals surface area contributed by atoms with Gasteiger partial charge in [-0.25, -0.2) is 0 Å². The van der Waals surface area contributed by atoms with Crippen LogP contribution in [0, 0.1) is 5.41 Å². The number of aliphatic hydroxyl groups is 1. The molecule has 0 aliphatic carbocycles. The number of aliphatic hydroxyl groups excluding tert-OH is 1. The molecule has 1 atom stereocenters. The second-order valence-corrected chi connectivity index (χ2v) is 5.56. The summed E-state index contributed by atoms with van der Waals surface area (Å²) in [4.78, 5) is 1.81. The fourth-order valence-electron chi connectivity index (χ4n) is 2.98. The van der Waals surface area contributed by atoms with Crippen LogP contribution in [0.5, 0.6) is 11.5 Å². The maximum Gasteiger partial charge on any atom is 0.161 e. The number of anilines is 1. The summed E-state index contributed by atoms with van der Waals surface area (Å²) in [6, 6.07) is 14.7. The Bertz CT molecular complexity index is 800. The van der Waals surface area contributed by atoms with Crippen LogP contribution in [0.25, 0.3) is 5.57 Å². The second-order valence-electron chi connectivity index (χ2n) is 5.56. The van der Waals surface area contributed by atoms with Crippen molar-refractivity contribution in [3.8, 4) is 11.5 Å². The number of methoxy groups -OCH3 is 2. The minimum absolute atomic E-state index is 0.177. The van der Waals surface area contributed by atoms with Gasteiger partial charge in [-0.2, -0.15) is 0 Å². The number of amidine groups is 1. The molecule has 1 aliphatic rings. The predicted molar refractivity (Wildman–Crippen MR) is 95.2 cm³/mol. The summed E-state index contributed by atoms with van der Waals surface area (Å²) in [5.74, 6) is 1.61. The number of hydrogen-bond acceptors (Lipinski definition) is 4. The van der Waals surface area contributed by atoms with Gasteiger partial charge in [0.1, 0.15) is 11.6 Å².